The van der Waals surface area contributed by atoms with Crippen molar-refractivity contribution < 1.29 is 18.7 Å². The zero-order valence-corrected chi connectivity index (χ0v) is 8.15. The van der Waals surface area contributed by atoms with E-state index in [4.69, 9.17) is 5.11 Å². The van der Waals surface area contributed by atoms with Crippen molar-refractivity contribution in [3.05, 3.63) is 47.5 Å². The van der Waals surface area contributed by atoms with Crippen LogP contribution >= 0.6 is 0 Å². The third-order valence-corrected chi connectivity index (χ3v) is 2.38. The van der Waals surface area contributed by atoms with Gasteiger partial charge in [0.2, 0.25) is 0 Å². The summed E-state index contributed by atoms with van der Waals surface area (Å²) < 4.78 is 25.3. The van der Waals surface area contributed by atoms with Crippen LogP contribution in [-0.2, 0) is 0 Å². The van der Waals surface area contributed by atoms with E-state index in [9.17, 15) is 13.6 Å². The van der Waals surface area contributed by atoms with Gasteiger partial charge in [0.25, 0.3) is 6.43 Å². The molecule has 0 bridgehead atoms. The zero-order chi connectivity index (χ0) is 11.7. The summed E-state index contributed by atoms with van der Waals surface area (Å²) in [5.41, 5.74) is -0.778. The van der Waals surface area contributed by atoms with Gasteiger partial charge < -0.3 is 5.11 Å². The van der Waals surface area contributed by atoms with E-state index < -0.39 is 18.0 Å². The molecule has 2 rings (SSSR count). The van der Waals surface area contributed by atoms with Gasteiger partial charge in [-0.1, -0.05) is 24.3 Å². The predicted octanol–water partition coefficient (Wildman–Crippen LogP) is 3.48. The van der Waals surface area contributed by atoms with Crippen LogP contribution in [0.2, 0.25) is 0 Å². The molecule has 16 heavy (non-hydrogen) atoms. The maximum atomic E-state index is 12.7. The van der Waals surface area contributed by atoms with Crippen LogP contribution in [0.5, 0.6) is 0 Å². The Balaban J connectivity index is 2.76. The third-order valence-electron chi connectivity index (χ3n) is 2.38. The fourth-order valence-electron chi connectivity index (χ4n) is 1.62. The van der Waals surface area contributed by atoms with Gasteiger partial charge in [-0.25, -0.2) is 13.6 Å². The lowest BCUT2D eigenvalue weighted by molar-refractivity contribution is 0.0685. The molecule has 0 fully saturated rings. The Kier molecular flexibility index (Phi) is 2.56. The smallest absolute Gasteiger partial charge is 0.336 e. The average molecular weight is 222 g/mol. The van der Waals surface area contributed by atoms with Gasteiger partial charge in [0.15, 0.2) is 0 Å². The highest BCUT2D eigenvalue weighted by atomic mass is 19.3. The van der Waals surface area contributed by atoms with Gasteiger partial charge in [-0.2, -0.15) is 0 Å². The predicted molar refractivity (Wildman–Crippen MR) is 55.9 cm³/mol. The molecule has 0 aliphatic rings. The van der Waals surface area contributed by atoms with Gasteiger partial charge >= 0.3 is 5.97 Å². The lowest BCUT2D eigenvalue weighted by atomic mass is 10.0. The first-order valence-electron chi connectivity index (χ1n) is 4.63. The minimum absolute atomic E-state index is 0.339. The van der Waals surface area contributed by atoms with E-state index in [0.717, 1.165) is 0 Å². The summed E-state index contributed by atoms with van der Waals surface area (Å²) >= 11 is 0. The SMILES string of the molecule is O=C(O)c1cc2ccccc2cc1C(F)F. The van der Waals surface area contributed by atoms with E-state index in [1.807, 2.05) is 0 Å². The molecular formula is C12H8F2O2. The fourth-order valence-corrected chi connectivity index (χ4v) is 1.62. The Hall–Kier alpha value is -1.97. The first-order valence-corrected chi connectivity index (χ1v) is 4.63. The Morgan fingerprint density at radius 2 is 1.69 bits per heavy atom. The van der Waals surface area contributed by atoms with E-state index in [2.05, 4.69) is 0 Å². The molecule has 82 valence electrons. The van der Waals surface area contributed by atoms with E-state index >= 15 is 0 Å². The number of hydrogen-bond acceptors (Lipinski definition) is 1. The quantitative estimate of drug-likeness (QED) is 0.844. The van der Waals surface area contributed by atoms with Crippen LogP contribution in [0.1, 0.15) is 22.3 Å². The standard InChI is InChI=1S/C12H8F2O2/c13-11(14)9-5-7-3-1-2-4-8(7)6-10(9)12(15)16/h1-6,11H,(H,15,16). The molecular weight excluding hydrogens is 214 g/mol. The highest BCUT2D eigenvalue weighted by molar-refractivity contribution is 5.96. The fraction of sp³-hybridized carbons (Fsp3) is 0.0833. The summed E-state index contributed by atoms with van der Waals surface area (Å²) in [5.74, 6) is -1.33. The first-order chi connectivity index (χ1) is 7.59. The highest BCUT2D eigenvalue weighted by Crippen LogP contribution is 2.27. The molecule has 0 saturated carbocycles. The van der Waals surface area contributed by atoms with Crippen molar-refractivity contribution in [2.24, 2.45) is 0 Å². The molecule has 0 aromatic heterocycles. The number of alkyl halides is 2. The zero-order valence-electron chi connectivity index (χ0n) is 8.15. The van der Waals surface area contributed by atoms with Crippen molar-refractivity contribution in [2.75, 3.05) is 0 Å². The minimum Gasteiger partial charge on any atom is -0.478 e. The van der Waals surface area contributed by atoms with Crippen LogP contribution in [0.15, 0.2) is 36.4 Å². The van der Waals surface area contributed by atoms with E-state index in [1.165, 1.54) is 12.1 Å². The molecule has 2 aromatic rings. The summed E-state index contributed by atoms with van der Waals surface area (Å²) in [6.45, 7) is 0. The molecule has 0 spiro atoms. The largest absolute Gasteiger partial charge is 0.478 e. The van der Waals surface area contributed by atoms with E-state index in [-0.39, 0.29) is 5.56 Å². The van der Waals surface area contributed by atoms with Gasteiger partial charge in [0.05, 0.1) is 5.56 Å². The molecule has 0 heterocycles. The second-order valence-electron chi connectivity index (χ2n) is 3.39. The molecule has 0 aliphatic carbocycles. The van der Waals surface area contributed by atoms with Crippen LogP contribution in [0.25, 0.3) is 10.8 Å². The Morgan fingerprint density at radius 3 is 2.19 bits per heavy atom. The summed E-state index contributed by atoms with van der Waals surface area (Å²) in [6, 6.07) is 9.32. The molecule has 0 aliphatic heterocycles. The van der Waals surface area contributed by atoms with Gasteiger partial charge in [0.1, 0.15) is 0 Å². The van der Waals surface area contributed by atoms with Crippen molar-refractivity contribution in [1.82, 2.24) is 0 Å². The van der Waals surface area contributed by atoms with Crippen molar-refractivity contribution in [2.45, 2.75) is 6.43 Å². The Bertz CT molecular complexity index is 550. The van der Waals surface area contributed by atoms with Crippen LogP contribution in [0.4, 0.5) is 8.78 Å². The molecule has 4 heteroatoms. The normalized spacial score (nSPS) is 10.9. The number of carboxylic acid groups (broad SMARTS) is 1. The van der Waals surface area contributed by atoms with Crippen molar-refractivity contribution >= 4 is 16.7 Å². The number of halogens is 2. The number of carbonyl (C=O) groups is 1. The van der Waals surface area contributed by atoms with Gasteiger partial charge in [0, 0.05) is 5.56 Å². The van der Waals surface area contributed by atoms with Crippen molar-refractivity contribution in [1.29, 1.82) is 0 Å². The van der Waals surface area contributed by atoms with Gasteiger partial charge in [-0.3, -0.25) is 0 Å². The van der Waals surface area contributed by atoms with Crippen LogP contribution in [-0.4, -0.2) is 11.1 Å². The monoisotopic (exact) mass is 222 g/mol. The van der Waals surface area contributed by atoms with Crippen LogP contribution in [0.3, 0.4) is 0 Å². The lowest BCUT2D eigenvalue weighted by Gasteiger charge is -2.07. The number of aromatic carboxylic acids is 1. The number of rotatable bonds is 2. The maximum absolute atomic E-state index is 12.7. The van der Waals surface area contributed by atoms with Crippen molar-refractivity contribution in [3.63, 3.8) is 0 Å². The topological polar surface area (TPSA) is 37.3 Å². The summed E-state index contributed by atoms with van der Waals surface area (Å²) in [6.07, 6.45) is -2.78. The average Bonchev–Trinajstić information content (AvgIpc) is 2.27. The number of hydrogen-bond donors (Lipinski definition) is 1. The molecule has 1 N–H and O–H groups in total. The molecule has 0 unspecified atom stereocenters. The third kappa shape index (κ3) is 1.74. The van der Waals surface area contributed by atoms with Crippen LogP contribution < -0.4 is 0 Å². The number of fused-ring (bicyclic) bond motifs is 1. The minimum atomic E-state index is -2.78. The molecule has 0 saturated heterocycles. The van der Waals surface area contributed by atoms with E-state index in [1.54, 1.807) is 24.3 Å². The lowest BCUT2D eigenvalue weighted by Crippen LogP contribution is -2.02. The second kappa shape index (κ2) is 3.89. The number of benzene rings is 2. The highest BCUT2D eigenvalue weighted by Gasteiger charge is 2.18. The summed E-state index contributed by atoms with van der Waals surface area (Å²) in [5, 5.41) is 10.1. The second-order valence-corrected chi connectivity index (χ2v) is 3.39. The summed E-state index contributed by atoms with van der Waals surface area (Å²) in [4.78, 5) is 10.8. The van der Waals surface area contributed by atoms with Gasteiger partial charge in [-0.15, -0.1) is 0 Å². The molecule has 2 nitrogen and oxygen atoms in total. The van der Waals surface area contributed by atoms with Gasteiger partial charge in [-0.05, 0) is 22.9 Å². The Morgan fingerprint density at radius 1 is 1.12 bits per heavy atom. The Labute approximate surface area is 90.1 Å². The summed E-state index contributed by atoms with van der Waals surface area (Å²) in [7, 11) is 0. The van der Waals surface area contributed by atoms with E-state index in [0.29, 0.717) is 10.8 Å². The molecule has 0 amide bonds. The first kappa shape index (κ1) is 10.5. The van der Waals surface area contributed by atoms with Crippen molar-refractivity contribution in [3.8, 4) is 0 Å². The molecule has 0 radical (unpaired) electrons. The maximum Gasteiger partial charge on any atom is 0.336 e. The number of carboxylic acids is 1. The molecule has 0 atom stereocenters. The molecule has 2 aromatic carbocycles. The van der Waals surface area contributed by atoms with Crippen LogP contribution in [0, 0.1) is 0 Å².